The van der Waals surface area contributed by atoms with Gasteiger partial charge in [-0.3, -0.25) is 14.5 Å². The molecule has 1 aliphatic rings. The number of alkyl halides is 2. The molecule has 0 radical (unpaired) electrons. The first kappa shape index (κ1) is 23.6. The number of amides is 1. The van der Waals surface area contributed by atoms with E-state index in [1.807, 2.05) is 17.1 Å². The molecule has 4 rings (SSSR count). The van der Waals surface area contributed by atoms with Gasteiger partial charge in [0, 0.05) is 24.7 Å². The molecule has 1 fully saturated rings. The molecule has 0 bridgehead atoms. The van der Waals surface area contributed by atoms with Gasteiger partial charge >= 0.3 is 0 Å². The molecule has 0 spiro atoms. The number of hydrogen-bond donors (Lipinski definition) is 2. The van der Waals surface area contributed by atoms with Crippen LogP contribution in [0.1, 0.15) is 28.7 Å². The van der Waals surface area contributed by atoms with E-state index in [1.165, 1.54) is 12.1 Å². The highest BCUT2D eigenvalue weighted by Gasteiger charge is 2.38. The summed E-state index contributed by atoms with van der Waals surface area (Å²) < 4.78 is 59.3. The number of carbonyl (C=O) groups is 1. The largest absolute Gasteiger partial charge is 0.483 e. The van der Waals surface area contributed by atoms with Crippen LogP contribution in [-0.4, -0.2) is 57.4 Å². The highest BCUT2D eigenvalue weighted by molar-refractivity contribution is 5.92. The van der Waals surface area contributed by atoms with Gasteiger partial charge in [-0.2, -0.15) is 4.39 Å². The Bertz CT molecular complexity index is 1300. The van der Waals surface area contributed by atoms with Gasteiger partial charge in [0.25, 0.3) is 23.8 Å². The van der Waals surface area contributed by atoms with Crippen molar-refractivity contribution >= 4 is 16.9 Å². The Kier molecular flexibility index (Phi) is 6.51. The number of fused-ring (bicyclic) bond motifs is 1. The van der Waals surface area contributed by atoms with Gasteiger partial charge < -0.3 is 15.0 Å². The summed E-state index contributed by atoms with van der Waals surface area (Å²) >= 11 is 0. The number of nitrogens with zero attached hydrogens (tertiary/aromatic N) is 3. The number of ether oxygens (including phenoxy) is 1. The van der Waals surface area contributed by atoms with E-state index in [9.17, 15) is 27.2 Å². The van der Waals surface area contributed by atoms with Gasteiger partial charge in [-0.1, -0.05) is 6.07 Å². The first-order valence-corrected chi connectivity index (χ1v) is 10.5. The van der Waals surface area contributed by atoms with E-state index in [1.54, 1.807) is 19.1 Å². The fourth-order valence-corrected chi connectivity index (χ4v) is 3.65. The Balaban J connectivity index is 1.39. The number of benzene rings is 1. The van der Waals surface area contributed by atoms with E-state index in [-0.39, 0.29) is 35.2 Å². The zero-order chi connectivity index (χ0) is 24.6. The third-order valence-corrected chi connectivity index (χ3v) is 5.70. The summed E-state index contributed by atoms with van der Waals surface area (Å²) in [5, 5.41) is 1.95. The van der Waals surface area contributed by atoms with Gasteiger partial charge in [-0.25, -0.2) is 23.1 Å². The van der Waals surface area contributed by atoms with Crippen LogP contribution in [0.4, 0.5) is 17.6 Å². The maximum absolute atomic E-state index is 14.9. The van der Waals surface area contributed by atoms with Crippen LogP contribution in [0.5, 0.6) is 5.75 Å². The van der Waals surface area contributed by atoms with E-state index in [2.05, 4.69) is 15.0 Å². The summed E-state index contributed by atoms with van der Waals surface area (Å²) in [6.07, 6.45) is -3.15. The van der Waals surface area contributed by atoms with Crippen molar-refractivity contribution in [3.8, 4) is 5.75 Å². The number of carbonyl (C=O) groups excluding carboxylic acids is 1. The predicted molar refractivity (Wildman–Crippen MR) is 114 cm³/mol. The minimum Gasteiger partial charge on any atom is -0.483 e. The molecule has 180 valence electrons. The zero-order valence-electron chi connectivity index (χ0n) is 18.2. The van der Waals surface area contributed by atoms with Crippen LogP contribution in [-0.2, 0) is 6.54 Å². The zero-order valence-corrected chi connectivity index (χ0v) is 18.2. The molecule has 1 aromatic carbocycles. The maximum atomic E-state index is 14.9. The van der Waals surface area contributed by atoms with E-state index in [4.69, 9.17) is 4.74 Å². The van der Waals surface area contributed by atoms with Crippen LogP contribution >= 0.6 is 0 Å². The normalized spacial score (nSPS) is 18.2. The monoisotopic (exact) mass is 479 g/mol. The lowest BCUT2D eigenvalue weighted by atomic mass is 9.99. The average molecular weight is 479 g/mol. The quantitative estimate of drug-likeness (QED) is 0.399. The molecule has 0 aliphatic carbocycles. The number of rotatable bonds is 7. The molecular weight excluding hydrogens is 458 g/mol. The van der Waals surface area contributed by atoms with Crippen molar-refractivity contribution in [2.45, 2.75) is 39.0 Å². The standard InChI is InChI=1S/C22H21F4N5O3/c1-10-21(32)30-19-13(28-10)4-3-12(18(19)25)8-31-9-16(11(31)2)34-15-6-5-14(29-20(15)26)22(33)27-7-17(23)24/h3-6,11,16-17H,7-9H2,1-2H3,(H,27,33)(H,30,32)/t11-,16-/m0/s1. The fourth-order valence-electron chi connectivity index (χ4n) is 3.65. The molecule has 12 heteroatoms. The smallest absolute Gasteiger partial charge is 0.270 e. The van der Waals surface area contributed by atoms with Crippen LogP contribution in [0.3, 0.4) is 0 Å². The number of halogens is 4. The molecule has 1 saturated heterocycles. The number of hydrogen-bond acceptors (Lipinski definition) is 6. The summed E-state index contributed by atoms with van der Waals surface area (Å²) in [6.45, 7) is 3.12. The fraction of sp³-hybridized carbons (Fsp3) is 0.364. The molecule has 2 N–H and O–H groups in total. The highest BCUT2D eigenvalue weighted by Crippen LogP contribution is 2.28. The van der Waals surface area contributed by atoms with E-state index in [0.717, 1.165) is 0 Å². The molecule has 0 unspecified atom stereocenters. The third kappa shape index (κ3) is 4.72. The molecule has 3 heterocycles. The predicted octanol–water partition coefficient (Wildman–Crippen LogP) is 2.55. The average Bonchev–Trinajstić information content (AvgIpc) is 2.80. The highest BCUT2D eigenvalue weighted by atomic mass is 19.3. The van der Waals surface area contributed by atoms with Crippen LogP contribution in [0.25, 0.3) is 11.0 Å². The van der Waals surface area contributed by atoms with Crippen molar-refractivity contribution < 1.29 is 27.1 Å². The van der Waals surface area contributed by atoms with Crippen molar-refractivity contribution in [2.75, 3.05) is 13.1 Å². The number of aryl methyl sites for hydroxylation is 1. The molecule has 8 nitrogen and oxygen atoms in total. The maximum Gasteiger partial charge on any atom is 0.270 e. The van der Waals surface area contributed by atoms with Crippen molar-refractivity contribution in [1.29, 1.82) is 0 Å². The summed E-state index contributed by atoms with van der Waals surface area (Å²) in [5.74, 6) is -2.70. The van der Waals surface area contributed by atoms with E-state index >= 15 is 0 Å². The minimum absolute atomic E-state index is 0.0416. The SMILES string of the molecule is Cc1nc2ccc(CN3C[C@H](Oc4ccc(C(=O)NCC(F)F)nc4F)[C@@H]3C)c(F)c2[nH]c1=O. The summed E-state index contributed by atoms with van der Waals surface area (Å²) in [4.78, 5) is 35.5. The summed E-state index contributed by atoms with van der Waals surface area (Å²) in [7, 11) is 0. The number of pyridine rings is 1. The van der Waals surface area contributed by atoms with Crippen molar-refractivity contribution in [3.05, 3.63) is 63.3 Å². The Hall–Kier alpha value is -3.54. The van der Waals surface area contributed by atoms with Crippen molar-refractivity contribution in [3.63, 3.8) is 0 Å². The van der Waals surface area contributed by atoms with Crippen molar-refractivity contribution in [1.82, 2.24) is 25.2 Å². The molecule has 0 saturated carbocycles. The van der Waals surface area contributed by atoms with Crippen LogP contribution in [0, 0.1) is 18.7 Å². The van der Waals surface area contributed by atoms with E-state index in [0.29, 0.717) is 17.6 Å². The molecular formula is C22H21F4N5O3. The van der Waals surface area contributed by atoms with E-state index < -0.39 is 42.3 Å². The number of aromatic nitrogens is 3. The Labute approximate surface area is 191 Å². The van der Waals surface area contributed by atoms with Crippen LogP contribution < -0.4 is 15.6 Å². The third-order valence-electron chi connectivity index (χ3n) is 5.70. The molecule has 1 aliphatic heterocycles. The second-order valence-corrected chi connectivity index (χ2v) is 8.00. The number of H-pyrrole nitrogens is 1. The first-order valence-electron chi connectivity index (χ1n) is 10.5. The molecule has 2 aromatic heterocycles. The van der Waals surface area contributed by atoms with Gasteiger partial charge in [0.05, 0.1) is 12.1 Å². The van der Waals surface area contributed by atoms with Gasteiger partial charge in [-0.05, 0) is 32.0 Å². The number of likely N-dealkylation sites (tertiary alicyclic amines) is 1. The lowest BCUT2D eigenvalue weighted by molar-refractivity contribution is -0.0437. The second kappa shape index (κ2) is 9.37. The first-order chi connectivity index (χ1) is 16.1. The Morgan fingerprint density at radius 3 is 2.71 bits per heavy atom. The van der Waals surface area contributed by atoms with Crippen LogP contribution in [0.2, 0.25) is 0 Å². The Morgan fingerprint density at radius 1 is 1.26 bits per heavy atom. The Morgan fingerprint density at radius 2 is 2.03 bits per heavy atom. The topological polar surface area (TPSA) is 100 Å². The summed E-state index contributed by atoms with van der Waals surface area (Å²) in [5.41, 5.74) is 0.210. The van der Waals surface area contributed by atoms with Gasteiger partial charge in [-0.15, -0.1) is 0 Å². The number of nitrogens with one attached hydrogen (secondary N) is 2. The lowest BCUT2D eigenvalue weighted by Gasteiger charge is -2.45. The van der Waals surface area contributed by atoms with Crippen molar-refractivity contribution in [2.24, 2.45) is 0 Å². The molecule has 1 amide bonds. The molecule has 2 atom stereocenters. The minimum atomic E-state index is -2.73. The lowest BCUT2D eigenvalue weighted by Crippen LogP contribution is -2.60. The summed E-state index contributed by atoms with van der Waals surface area (Å²) in [6, 6.07) is 5.43. The second-order valence-electron chi connectivity index (χ2n) is 8.00. The van der Waals surface area contributed by atoms with Gasteiger partial charge in [0.1, 0.15) is 23.0 Å². The molecule has 34 heavy (non-hydrogen) atoms. The van der Waals surface area contributed by atoms with Crippen LogP contribution in [0.15, 0.2) is 29.1 Å². The van der Waals surface area contributed by atoms with Gasteiger partial charge in [0.2, 0.25) is 0 Å². The molecule has 3 aromatic rings. The number of aromatic amines is 1. The van der Waals surface area contributed by atoms with Gasteiger partial charge in [0.15, 0.2) is 11.6 Å².